The molecule has 2 rings (SSSR count). The maximum Gasteiger partial charge on any atom is 0.416 e. The maximum atomic E-state index is 13.2. The Morgan fingerprint density at radius 3 is 1.33 bits per heavy atom. The van der Waals surface area contributed by atoms with Crippen molar-refractivity contribution in [2.75, 3.05) is 32.0 Å². The summed E-state index contributed by atoms with van der Waals surface area (Å²) in [4.78, 5) is 45.6. The molecule has 0 spiro atoms. The van der Waals surface area contributed by atoms with Gasteiger partial charge in [0.25, 0.3) is 0 Å². The Kier molecular flexibility index (Phi) is 12.7. The fourth-order valence-electron chi connectivity index (χ4n) is 3.68. The van der Waals surface area contributed by atoms with Gasteiger partial charge >= 0.3 is 24.3 Å². The molecule has 16 heteroatoms. The molecule has 0 fully saturated rings. The van der Waals surface area contributed by atoms with Gasteiger partial charge in [-0.3, -0.25) is 9.59 Å². The average Bonchev–Trinajstić information content (AvgIpc) is 2.89. The number of rotatable bonds is 7. The highest BCUT2D eigenvalue weighted by Gasteiger charge is 2.37. The van der Waals surface area contributed by atoms with Crippen molar-refractivity contribution in [3.05, 3.63) is 57.6 Å². The minimum absolute atomic E-state index is 0.176. The van der Waals surface area contributed by atoms with E-state index in [2.05, 4.69) is 20.1 Å². The van der Waals surface area contributed by atoms with Crippen molar-refractivity contribution < 1.29 is 64.8 Å². The first-order valence-electron chi connectivity index (χ1n) is 12.1. The number of aliphatic hydroxyl groups is 1. The molecule has 10 nitrogen and oxygen atoms in total. The number of benzene rings is 2. The number of ether oxygens (including phenoxy) is 3. The molecule has 0 bridgehead atoms. The monoisotopic (exact) mass is 624 g/mol. The van der Waals surface area contributed by atoms with Gasteiger partial charge in [0.2, 0.25) is 11.8 Å². The lowest BCUT2D eigenvalue weighted by Gasteiger charge is -2.20. The lowest BCUT2D eigenvalue weighted by Crippen LogP contribution is -2.18. The molecule has 0 aliphatic rings. The molecule has 0 radical (unpaired) electrons. The Morgan fingerprint density at radius 1 is 0.698 bits per heavy atom. The Morgan fingerprint density at radius 2 is 1.05 bits per heavy atom. The highest BCUT2D eigenvalue weighted by atomic mass is 19.4. The zero-order valence-electron chi connectivity index (χ0n) is 24.0. The minimum Gasteiger partial charge on any atom is -0.465 e. The van der Waals surface area contributed by atoms with Crippen LogP contribution in [0.4, 0.5) is 37.7 Å². The summed E-state index contributed by atoms with van der Waals surface area (Å²) < 4.78 is 92.5. The third-order valence-electron chi connectivity index (χ3n) is 5.66. The highest BCUT2D eigenvalue weighted by molar-refractivity contribution is 6.02. The quantitative estimate of drug-likeness (QED) is 0.265. The van der Waals surface area contributed by atoms with Gasteiger partial charge in [-0.1, -0.05) is 0 Å². The summed E-state index contributed by atoms with van der Waals surface area (Å²) >= 11 is 0. The second-order valence-electron chi connectivity index (χ2n) is 8.87. The van der Waals surface area contributed by atoms with E-state index in [1.165, 1.54) is 14.0 Å². The Labute approximate surface area is 242 Å². The van der Waals surface area contributed by atoms with Crippen molar-refractivity contribution in [3.63, 3.8) is 0 Å². The number of carbonyl (C=O) groups excluding carboxylic acids is 4. The van der Waals surface area contributed by atoms with E-state index in [0.29, 0.717) is 12.1 Å². The number of carbonyl (C=O) groups is 4. The van der Waals surface area contributed by atoms with Crippen LogP contribution in [0.1, 0.15) is 82.9 Å². The maximum absolute atomic E-state index is 13.2. The standard InChI is InChI=1S/C14H16F3NO4.C13H14F3NO4/c1-7(21-3)9-5-10(13(20)22-4)12(18-8(2)19)6-11(9)14(15,16)17;1-6(18)8-4-9(12(20)21-3)11(17-7(2)19)5-10(8)13(14,15)16/h5-7H,1-4H3,(H,18,19);4-6,18H,1-3H3,(H,17,19). The largest absolute Gasteiger partial charge is 0.465 e. The third kappa shape index (κ3) is 9.95. The van der Waals surface area contributed by atoms with E-state index in [9.17, 15) is 50.6 Å². The SMILES string of the molecule is COC(=O)c1cc(C(C)O)c(C(F)(F)F)cc1NC(C)=O.COC(=O)c1cc(C(C)OC)c(C(F)(F)F)cc1NC(C)=O. The molecular weight excluding hydrogens is 594 g/mol. The summed E-state index contributed by atoms with van der Waals surface area (Å²) in [6.07, 6.45) is -11.7. The lowest BCUT2D eigenvalue weighted by molar-refractivity contribution is -0.139. The number of amides is 2. The van der Waals surface area contributed by atoms with Crippen LogP contribution in [0, 0.1) is 0 Å². The van der Waals surface area contributed by atoms with Crippen molar-refractivity contribution in [2.45, 2.75) is 52.3 Å². The summed E-state index contributed by atoms with van der Waals surface area (Å²) in [6, 6.07) is 3.20. The molecule has 2 aromatic carbocycles. The van der Waals surface area contributed by atoms with Gasteiger partial charge in [-0.15, -0.1) is 0 Å². The number of nitrogens with one attached hydrogen (secondary N) is 2. The van der Waals surface area contributed by atoms with Gasteiger partial charge in [-0.05, 0) is 49.2 Å². The van der Waals surface area contributed by atoms with Crippen LogP contribution in [0.25, 0.3) is 0 Å². The molecule has 2 unspecified atom stereocenters. The lowest BCUT2D eigenvalue weighted by atomic mass is 9.97. The second-order valence-corrected chi connectivity index (χ2v) is 8.87. The Balaban J connectivity index is 0.000000430. The summed E-state index contributed by atoms with van der Waals surface area (Å²) in [7, 11) is 3.40. The third-order valence-corrected chi connectivity index (χ3v) is 5.66. The van der Waals surface area contributed by atoms with Gasteiger partial charge in [0.05, 0.1) is 60.1 Å². The first kappa shape index (κ1) is 36.8. The van der Waals surface area contributed by atoms with E-state index < -0.39 is 65.0 Å². The predicted molar refractivity (Wildman–Crippen MR) is 140 cm³/mol. The van der Waals surface area contributed by atoms with E-state index in [1.807, 2.05) is 0 Å². The highest BCUT2D eigenvalue weighted by Crippen LogP contribution is 2.39. The number of alkyl halides is 6. The molecule has 2 aromatic rings. The van der Waals surface area contributed by atoms with Gasteiger partial charge in [0.1, 0.15) is 0 Å². The Hall–Kier alpha value is -4.18. The minimum atomic E-state index is -4.74. The number of halogens is 6. The zero-order chi connectivity index (χ0) is 33.4. The van der Waals surface area contributed by atoms with Crippen LogP contribution < -0.4 is 10.6 Å². The van der Waals surface area contributed by atoms with E-state index in [0.717, 1.165) is 47.1 Å². The van der Waals surface area contributed by atoms with Crippen LogP contribution in [0.2, 0.25) is 0 Å². The topological polar surface area (TPSA) is 140 Å². The fourth-order valence-corrected chi connectivity index (χ4v) is 3.68. The number of hydrogen-bond acceptors (Lipinski definition) is 8. The average molecular weight is 625 g/mol. The molecule has 2 atom stereocenters. The van der Waals surface area contributed by atoms with Gasteiger partial charge < -0.3 is 30.0 Å². The Bertz CT molecular complexity index is 1360. The molecule has 0 aromatic heterocycles. The number of hydrogen-bond donors (Lipinski definition) is 3. The summed E-state index contributed by atoms with van der Waals surface area (Å²) in [5.41, 5.74) is -3.85. The van der Waals surface area contributed by atoms with Gasteiger partial charge in [0, 0.05) is 21.0 Å². The van der Waals surface area contributed by atoms with Crippen LogP contribution >= 0.6 is 0 Å². The zero-order valence-corrected chi connectivity index (χ0v) is 24.0. The van der Waals surface area contributed by atoms with Crippen LogP contribution in [0.5, 0.6) is 0 Å². The molecule has 0 aliphatic heterocycles. The van der Waals surface area contributed by atoms with E-state index in [-0.39, 0.29) is 28.1 Å². The predicted octanol–water partition coefficient (Wildman–Crippen LogP) is 5.66. The molecule has 238 valence electrons. The van der Waals surface area contributed by atoms with Crippen LogP contribution in [0.15, 0.2) is 24.3 Å². The number of methoxy groups -OCH3 is 3. The second kappa shape index (κ2) is 14.8. The van der Waals surface area contributed by atoms with Gasteiger partial charge in [0.15, 0.2) is 0 Å². The molecular formula is C27H30F6N2O8. The smallest absolute Gasteiger partial charge is 0.416 e. The molecule has 43 heavy (non-hydrogen) atoms. The molecule has 0 saturated carbocycles. The first-order chi connectivity index (χ1) is 19.7. The first-order valence-corrected chi connectivity index (χ1v) is 12.1. The van der Waals surface area contributed by atoms with Crippen molar-refractivity contribution in [1.82, 2.24) is 0 Å². The summed E-state index contributed by atoms with van der Waals surface area (Å²) in [5, 5.41) is 13.8. The van der Waals surface area contributed by atoms with Crippen molar-refractivity contribution in [3.8, 4) is 0 Å². The summed E-state index contributed by atoms with van der Waals surface area (Å²) in [6.45, 7) is 4.78. The van der Waals surface area contributed by atoms with E-state index in [4.69, 9.17) is 4.74 Å². The molecule has 2 amide bonds. The molecule has 0 aliphatic carbocycles. The normalized spacial score (nSPS) is 12.7. The van der Waals surface area contributed by atoms with E-state index >= 15 is 0 Å². The number of anilines is 2. The molecule has 0 saturated heterocycles. The number of esters is 2. The van der Waals surface area contributed by atoms with Gasteiger partial charge in [-0.2, -0.15) is 26.3 Å². The molecule has 0 heterocycles. The van der Waals surface area contributed by atoms with Crippen LogP contribution in [-0.2, 0) is 36.2 Å². The van der Waals surface area contributed by atoms with Crippen LogP contribution in [0.3, 0.4) is 0 Å². The number of aliphatic hydroxyl groups excluding tert-OH is 1. The van der Waals surface area contributed by atoms with E-state index in [1.54, 1.807) is 0 Å². The van der Waals surface area contributed by atoms with Crippen molar-refractivity contribution >= 4 is 35.1 Å². The van der Waals surface area contributed by atoms with Crippen LogP contribution in [-0.4, -0.2) is 50.2 Å². The van der Waals surface area contributed by atoms with Crippen molar-refractivity contribution in [2.24, 2.45) is 0 Å². The summed E-state index contributed by atoms with van der Waals surface area (Å²) in [5.74, 6) is -3.03. The van der Waals surface area contributed by atoms with Gasteiger partial charge in [-0.25, -0.2) is 9.59 Å². The van der Waals surface area contributed by atoms with Crippen molar-refractivity contribution in [1.29, 1.82) is 0 Å². The fraction of sp³-hybridized carbons (Fsp3) is 0.407. The molecule has 3 N–H and O–H groups in total.